The van der Waals surface area contributed by atoms with Crippen LogP contribution in [0.2, 0.25) is 0 Å². The SMILES string of the molecule is COc1ccc(S(=O)(=O)N/N=C/C2CCOCC2)cc1. The van der Waals surface area contributed by atoms with Gasteiger partial charge in [0.15, 0.2) is 0 Å². The Morgan fingerprint density at radius 1 is 1.30 bits per heavy atom. The quantitative estimate of drug-likeness (QED) is 0.658. The molecular formula is C13H18N2O4S. The molecule has 0 spiro atoms. The average Bonchev–Trinajstić information content (AvgIpc) is 2.48. The van der Waals surface area contributed by atoms with E-state index in [0.717, 1.165) is 12.8 Å². The lowest BCUT2D eigenvalue weighted by molar-refractivity contribution is 0.0837. The van der Waals surface area contributed by atoms with Gasteiger partial charge in [-0.2, -0.15) is 13.5 Å². The van der Waals surface area contributed by atoms with E-state index in [1.807, 2.05) is 0 Å². The molecule has 0 saturated carbocycles. The molecule has 1 saturated heterocycles. The van der Waals surface area contributed by atoms with Crippen LogP contribution in [0.5, 0.6) is 5.75 Å². The van der Waals surface area contributed by atoms with Crippen molar-refractivity contribution in [2.24, 2.45) is 11.0 Å². The molecule has 20 heavy (non-hydrogen) atoms. The summed E-state index contributed by atoms with van der Waals surface area (Å²) in [6.07, 6.45) is 3.38. The van der Waals surface area contributed by atoms with E-state index >= 15 is 0 Å². The van der Waals surface area contributed by atoms with Crippen molar-refractivity contribution in [2.45, 2.75) is 17.7 Å². The van der Waals surface area contributed by atoms with Crippen LogP contribution in [0.15, 0.2) is 34.3 Å². The Morgan fingerprint density at radius 3 is 2.55 bits per heavy atom. The van der Waals surface area contributed by atoms with Crippen molar-refractivity contribution in [1.82, 2.24) is 4.83 Å². The zero-order valence-corrected chi connectivity index (χ0v) is 12.1. The summed E-state index contributed by atoms with van der Waals surface area (Å²) in [5.41, 5.74) is 0. The molecule has 1 N–H and O–H groups in total. The minimum absolute atomic E-state index is 0.155. The number of ether oxygens (including phenoxy) is 2. The van der Waals surface area contributed by atoms with Gasteiger partial charge in [0.1, 0.15) is 5.75 Å². The standard InChI is InChI=1S/C13H18N2O4S/c1-18-12-2-4-13(5-3-12)20(16,17)15-14-10-11-6-8-19-9-7-11/h2-5,10-11,15H,6-9H2,1H3/b14-10+. The highest BCUT2D eigenvalue weighted by atomic mass is 32.2. The van der Waals surface area contributed by atoms with E-state index < -0.39 is 10.0 Å². The van der Waals surface area contributed by atoms with E-state index in [1.54, 1.807) is 18.3 Å². The molecule has 1 fully saturated rings. The summed E-state index contributed by atoms with van der Waals surface area (Å²) in [6.45, 7) is 1.39. The van der Waals surface area contributed by atoms with Crippen molar-refractivity contribution in [3.8, 4) is 5.75 Å². The summed E-state index contributed by atoms with van der Waals surface area (Å²) in [5, 5.41) is 3.84. The lowest BCUT2D eigenvalue weighted by Crippen LogP contribution is -2.21. The van der Waals surface area contributed by atoms with Crippen molar-refractivity contribution >= 4 is 16.2 Å². The van der Waals surface area contributed by atoms with Crippen LogP contribution in [-0.2, 0) is 14.8 Å². The van der Waals surface area contributed by atoms with Gasteiger partial charge in [-0.15, -0.1) is 0 Å². The molecule has 110 valence electrons. The smallest absolute Gasteiger partial charge is 0.276 e. The van der Waals surface area contributed by atoms with Gasteiger partial charge < -0.3 is 9.47 Å². The van der Waals surface area contributed by atoms with Crippen LogP contribution in [0.25, 0.3) is 0 Å². The molecule has 2 rings (SSSR count). The topological polar surface area (TPSA) is 77.0 Å². The van der Waals surface area contributed by atoms with Gasteiger partial charge in [-0.1, -0.05) is 0 Å². The van der Waals surface area contributed by atoms with E-state index in [-0.39, 0.29) is 10.8 Å². The number of nitrogens with one attached hydrogen (secondary N) is 1. The zero-order valence-electron chi connectivity index (χ0n) is 11.3. The fourth-order valence-corrected chi connectivity index (χ4v) is 2.68. The number of benzene rings is 1. The van der Waals surface area contributed by atoms with E-state index in [0.29, 0.717) is 19.0 Å². The first-order valence-electron chi connectivity index (χ1n) is 6.38. The summed E-state index contributed by atoms with van der Waals surface area (Å²) >= 11 is 0. The van der Waals surface area contributed by atoms with Gasteiger partial charge in [0.25, 0.3) is 10.0 Å². The molecule has 6 nitrogen and oxygen atoms in total. The predicted molar refractivity (Wildman–Crippen MR) is 75.4 cm³/mol. The molecule has 0 unspecified atom stereocenters. The van der Waals surface area contributed by atoms with E-state index in [9.17, 15) is 8.42 Å². The average molecular weight is 298 g/mol. The van der Waals surface area contributed by atoms with Gasteiger partial charge in [-0.3, -0.25) is 0 Å². The second-order valence-electron chi connectivity index (χ2n) is 4.50. The molecule has 1 aliphatic rings. The summed E-state index contributed by atoms with van der Waals surface area (Å²) in [6, 6.07) is 6.14. The van der Waals surface area contributed by atoms with Crippen LogP contribution in [0, 0.1) is 5.92 Å². The molecule has 0 bridgehead atoms. The van der Waals surface area contributed by atoms with Crippen LogP contribution in [0.4, 0.5) is 0 Å². The normalized spacial score (nSPS) is 17.2. The molecule has 0 amide bonds. The van der Waals surface area contributed by atoms with Crippen LogP contribution in [0.1, 0.15) is 12.8 Å². The second kappa shape index (κ2) is 6.71. The number of hydrazone groups is 1. The minimum atomic E-state index is -3.62. The van der Waals surface area contributed by atoms with Crippen LogP contribution >= 0.6 is 0 Å². The van der Waals surface area contributed by atoms with E-state index in [1.165, 1.54) is 19.2 Å². The Balaban J connectivity index is 1.97. The molecular weight excluding hydrogens is 280 g/mol. The Bertz CT molecular complexity index is 548. The largest absolute Gasteiger partial charge is 0.497 e. The second-order valence-corrected chi connectivity index (χ2v) is 6.16. The number of hydrogen-bond donors (Lipinski definition) is 1. The number of hydrogen-bond acceptors (Lipinski definition) is 5. The number of methoxy groups -OCH3 is 1. The van der Waals surface area contributed by atoms with Crippen molar-refractivity contribution in [1.29, 1.82) is 0 Å². The highest BCUT2D eigenvalue weighted by Crippen LogP contribution is 2.15. The minimum Gasteiger partial charge on any atom is -0.497 e. The van der Waals surface area contributed by atoms with Crippen LogP contribution in [-0.4, -0.2) is 35.0 Å². The number of sulfonamides is 1. The van der Waals surface area contributed by atoms with Crippen molar-refractivity contribution in [2.75, 3.05) is 20.3 Å². The Kier molecular flexibility index (Phi) is 4.97. The maximum atomic E-state index is 12.0. The van der Waals surface area contributed by atoms with Crippen molar-refractivity contribution in [3.63, 3.8) is 0 Å². The molecule has 7 heteroatoms. The van der Waals surface area contributed by atoms with Crippen LogP contribution in [0.3, 0.4) is 0 Å². The lowest BCUT2D eigenvalue weighted by atomic mass is 10.0. The first-order valence-corrected chi connectivity index (χ1v) is 7.87. The van der Waals surface area contributed by atoms with E-state index in [2.05, 4.69) is 9.93 Å². The molecule has 0 radical (unpaired) electrons. The van der Waals surface area contributed by atoms with Gasteiger partial charge in [0.2, 0.25) is 0 Å². The Labute approximate surface area is 118 Å². The molecule has 1 aromatic rings. The third-order valence-corrected chi connectivity index (χ3v) is 4.33. The number of nitrogens with zero attached hydrogens (tertiary/aromatic N) is 1. The highest BCUT2D eigenvalue weighted by Gasteiger charge is 2.14. The Hall–Kier alpha value is -1.60. The molecule has 1 heterocycles. The van der Waals surface area contributed by atoms with Gasteiger partial charge >= 0.3 is 0 Å². The summed E-state index contributed by atoms with van der Waals surface area (Å²) in [5.74, 6) is 0.872. The predicted octanol–water partition coefficient (Wildman–Crippen LogP) is 1.39. The van der Waals surface area contributed by atoms with Gasteiger partial charge in [0.05, 0.1) is 12.0 Å². The highest BCUT2D eigenvalue weighted by molar-refractivity contribution is 7.89. The fourth-order valence-electron chi connectivity index (χ4n) is 1.88. The lowest BCUT2D eigenvalue weighted by Gasteiger charge is -2.17. The Morgan fingerprint density at radius 2 is 1.95 bits per heavy atom. The monoisotopic (exact) mass is 298 g/mol. The van der Waals surface area contributed by atoms with Crippen molar-refractivity contribution in [3.05, 3.63) is 24.3 Å². The van der Waals surface area contributed by atoms with Crippen LogP contribution < -0.4 is 9.57 Å². The first-order chi connectivity index (χ1) is 9.62. The van der Waals surface area contributed by atoms with Gasteiger partial charge in [0, 0.05) is 25.3 Å². The molecule has 0 aromatic heterocycles. The first kappa shape index (κ1) is 14.8. The molecule has 0 aliphatic carbocycles. The molecule has 1 aromatic carbocycles. The fraction of sp³-hybridized carbons (Fsp3) is 0.462. The summed E-state index contributed by atoms with van der Waals surface area (Å²) in [4.78, 5) is 2.38. The molecule has 0 atom stereocenters. The van der Waals surface area contributed by atoms with E-state index in [4.69, 9.17) is 9.47 Å². The number of rotatable bonds is 5. The maximum absolute atomic E-state index is 12.0. The third-order valence-electron chi connectivity index (χ3n) is 3.09. The molecule has 1 aliphatic heterocycles. The maximum Gasteiger partial charge on any atom is 0.276 e. The van der Waals surface area contributed by atoms with Gasteiger partial charge in [-0.05, 0) is 37.1 Å². The third kappa shape index (κ3) is 3.94. The van der Waals surface area contributed by atoms with Crippen molar-refractivity contribution < 1.29 is 17.9 Å². The summed E-state index contributed by atoms with van der Waals surface area (Å²) < 4.78 is 34.2. The van der Waals surface area contributed by atoms with Gasteiger partial charge in [-0.25, -0.2) is 4.83 Å². The summed E-state index contributed by atoms with van der Waals surface area (Å²) in [7, 11) is -2.09. The zero-order chi connectivity index (χ0) is 14.4.